The van der Waals surface area contributed by atoms with Gasteiger partial charge in [0.1, 0.15) is 22.0 Å². The van der Waals surface area contributed by atoms with E-state index in [0.717, 1.165) is 0 Å². The zero-order valence-electron chi connectivity index (χ0n) is 12.0. The Hall–Kier alpha value is -1.35. The van der Waals surface area contributed by atoms with Crippen LogP contribution in [0.4, 0.5) is 0 Å². The minimum absolute atomic E-state index is 0.0353. The lowest BCUT2D eigenvalue weighted by Gasteiger charge is -2.21. The highest BCUT2D eigenvalue weighted by Gasteiger charge is 2.34. The van der Waals surface area contributed by atoms with Crippen molar-refractivity contribution in [1.82, 2.24) is 4.72 Å². The summed E-state index contributed by atoms with van der Waals surface area (Å²) in [7, 11) is -0.995. The number of ether oxygens (including phenoxy) is 3. The number of methoxy groups -OCH3 is 2. The van der Waals surface area contributed by atoms with Gasteiger partial charge in [-0.15, -0.1) is 0 Å². The second kappa shape index (κ2) is 6.18. The van der Waals surface area contributed by atoms with E-state index in [1.807, 2.05) is 0 Å². The highest BCUT2D eigenvalue weighted by atomic mass is 32.2. The van der Waals surface area contributed by atoms with Crippen molar-refractivity contribution in [3.05, 3.63) is 18.2 Å². The fourth-order valence-electron chi connectivity index (χ4n) is 2.04. The summed E-state index contributed by atoms with van der Waals surface area (Å²) in [5.74, 6) is 0.608. The van der Waals surface area contributed by atoms with E-state index in [4.69, 9.17) is 14.2 Å². The van der Waals surface area contributed by atoms with Crippen molar-refractivity contribution in [2.24, 2.45) is 0 Å². The average Bonchev–Trinajstić information content (AvgIpc) is 2.92. The largest absolute Gasteiger partial charge is 0.497 e. The monoisotopic (exact) mass is 317 g/mol. The maximum absolute atomic E-state index is 12.4. The second-order valence-electron chi connectivity index (χ2n) is 4.87. The van der Waals surface area contributed by atoms with Gasteiger partial charge in [0.15, 0.2) is 0 Å². The van der Waals surface area contributed by atoms with Crippen LogP contribution in [0, 0.1) is 0 Å². The fourth-order valence-corrected chi connectivity index (χ4v) is 3.34. The molecule has 1 aromatic rings. The van der Waals surface area contributed by atoms with Crippen molar-refractivity contribution in [2.45, 2.75) is 16.9 Å². The molecule has 2 rings (SSSR count). The molecule has 0 bridgehead atoms. The van der Waals surface area contributed by atoms with E-state index in [2.05, 4.69) is 4.72 Å². The molecule has 21 heavy (non-hydrogen) atoms. The van der Waals surface area contributed by atoms with Crippen molar-refractivity contribution < 1.29 is 27.7 Å². The molecule has 0 saturated carbocycles. The van der Waals surface area contributed by atoms with Crippen LogP contribution in [-0.2, 0) is 14.8 Å². The summed E-state index contributed by atoms with van der Waals surface area (Å²) in [6.45, 7) is 0.418. The van der Waals surface area contributed by atoms with Gasteiger partial charge in [0.25, 0.3) is 0 Å². The first-order valence-electron chi connectivity index (χ1n) is 6.42. The lowest BCUT2D eigenvalue weighted by atomic mass is 10.1. The van der Waals surface area contributed by atoms with Crippen LogP contribution in [0.25, 0.3) is 0 Å². The number of hydrogen-bond acceptors (Lipinski definition) is 6. The molecule has 1 aromatic carbocycles. The summed E-state index contributed by atoms with van der Waals surface area (Å²) >= 11 is 0. The minimum atomic E-state index is -3.83. The van der Waals surface area contributed by atoms with Crippen LogP contribution in [-0.4, -0.2) is 53.1 Å². The highest BCUT2D eigenvalue weighted by Crippen LogP contribution is 2.28. The molecule has 1 unspecified atom stereocenters. The molecule has 0 spiro atoms. The normalized spacial score (nSPS) is 22.2. The molecule has 0 radical (unpaired) electrons. The zero-order chi connectivity index (χ0) is 15.5. The van der Waals surface area contributed by atoms with Gasteiger partial charge >= 0.3 is 0 Å². The fraction of sp³-hybridized carbons (Fsp3) is 0.538. The van der Waals surface area contributed by atoms with Crippen LogP contribution in [0.3, 0.4) is 0 Å². The van der Waals surface area contributed by atoms with Gasteiger partial charge < -0.3 is 19.3 Å². The van der Waals surface area contributed by atoms with Crippen LogP contribution in [0.15, 0.2) is 23.1 Å². The number of hydrogen-bond donors (Lipinski definition) is 2. The van der Waals surface area contributed by atoms with Crippen molar-refractivity contribution in [3.8, 4) is 11.5 Å². The number of aliphatic hydroxyl groups is 1. The molecule has 1 saturated heterocycles. The molecule has 0 amide bonds. The summed E-state index contributed by atoms with van der Waals surface area (Å²) in [5, 5.41) is 10.1. The van der Waals surface area contributed by atoms with E-state index >= 15 is 0 Å². The van der Waals surface area contributed by atoms with Crippen LogP contribution in [0.5, 0.6) is 11.5 Å². The molecule has 1 atom stereocenters. The predicted octanol–water partition coefficient (Wildman–Crippen LogP) is 0.133. The molecular weight excluding hydrogens is 298 g/mol. The lowest BCUT2D eigenvalue weighted by Crippen LogP contribution is -2.43. The van der Waals surface area contributed by atoms with Gasteiger partial charge in [-0.25, -0.2) is 13.1 Å². The highest BCUT2D eigenvalue weighted by molar-refractivity contribution is 7.89. The third kappa shape index (κ3) is 3.65. The average molecular weight is 317 g/mol. The molecule has 0 aromatic heterocycles. The quantitative estimate of drug-likeness (QED) is 0.775. The Morgan fingerprint density at radius 2 is 2.14 bits per heavy atom. The Kier molecular flexibility index (Phi) is 4.72. The number of rotatable bonds is 6. The molecule has 0 aliphatic carbocycles. The number of benzene rings is 1. The van der Waals surface area contributed by atoms with Gasteiger partial charge in [0, 0.05) is 25.6 Å². The van der Waals surface area contributed by atoms with Gasteiger partial charge in [0.2, 0.25) is 10.0 Å². The van der Waals surface area contributed by atoms with Crippen molar-refractivity contribution in [3.63, 3.8) is 0 Å². The summed E-state index contributed by atoms with van der Waals surface area (Å²) in [5.41, 5.74) is -1.17. The van der Waals surface area contributed by atoms with E-state index < -0.39 is 15.6 Å². The SMILES string of the molecule is COc1ccc(OC)c(S(=O)(=O)NCC2(O)CCOC2)c1. The summed E-state index contributed by atoms with van der Waals surface area (Å²) in [6.07, 6.45) is 0.394. The van der Waals surface area contributed by atoms with Crippen molar-refractivity contribution >= 4 is 10.0 Å². The van der Waals surface area contributed by atoms with Gasteiger partial charge in [-0.2, -0.15) is 0 Å². The molecule has 1 aliphatic heterocycles. The summed E-state index contributed by atoms with van der Waals surface area (Å²) < 4.78 is 42.3. The van der Waals surface area contributed by atoms with E-state index in [0.29, 0.717) is 18.8 Å². The van der Waals surface area contributed by atoms with E-state index in [-0.39, 0.29) is 23.8 Å². The van der Waals surface area contributed by atoms with Crippen LogP contribution in [0.2, 0.25) is 0 Å². The molecule has 1 heterocycles. The van der Waals surface area contributed by atoms with Crippen molar-refractivity contribution in [2.75, 3.05) is 34.0 Å². The predicted molar refractivity (Wildman–Crippen MR) is 75.1 cm³/mol. The molecular formula is C13H19NO6S. The van der Waals surface area contributed by atoms with E-state index in [1.165, 1.54) is 26.4 Å². The van der Waals surface area contributed by atoms with Crippen molar-refractivity contribution in [1.29, 1.82) is 0 Å². The van der Waals surface area contributed by atoms with Crippen LogP contribution < -0.4 is 14.2 Å². The minimum Gasteiger partial charge on any atom is -0.497 e. The molecule has 7 nitrogen and oxygen atoms in total. The first kappa shape index (κ1) is 16.0. The third-order valence-corrected chi connectivity index (χ3v) is 4.76. The Labute approximate surface area is 123 Å². The number of sulfonamides is 1. The van der Waals surface area contributed by atoms with Gasteiger partial charge in [-0.05, 0) is 12.1 Å². The zero-order valence-corrected chi connectivity index (χ0v) is 12.8. The molecule has 1 aliphatic rings. The molecule has 8 heteroatoms. The lowest BCUT2D eigenvalue weighted by molar-refractivity contribution is 0.0314. The Balaban J connectivity index is 2.22. The smallest absolute Gasteiger partial charge is 0.244 e. The van der Waals surface area contributed by atoms with Gasteiger partial charge in [0.05, 0.1) is 20.8 Å². The van der Waals surface area contributed by atoms with E-state index in [1.54, 1.807) is 6.07 Å². The summed E-state index contributed by atoms with van der Waals surface area (Å²) in [6, 6.07) is 4.49. The Morgan fingerprint density at radius 1 is 1.38 bits per heavy atom. The van der Waals surface area contributed by atoms with Crippen LogP contribution >= 0.6 is 0 Å². The third-order valence-electron chi connectivity index (χ3n) is 3.33. The van der Waals surface area contributed by atoms with E-state index in [9.17, 15) is 13.5 Å². The maximum atomic E-state index is 12.4. The Bertz CT molecular complexity index is 595. The van der Waals surface area contributed by atoms with Gasteiger partial charge in [-0.3, -0.25) is 0 Å². The standard InChI is InChI=1S/C13H19NO6S/c1-18-10-3-4-11(19-2)12(7-10)21(16,17)14-8-13(15)5-6-20-9-13/h3-4,7,14-15H,5-6,8-9H2,1-2H3. The van der Waals surface area contributed by atoms with Gasteiger partial charge in [-0.1, -0.05) is 0 Å². The van der Waals surface area contributed by atoms with Crippen LogP contribution in [0.1, 0.15) is 6.42 Å². The second-order valence-corrected chi connectivity index (χ2v) is 6.60. The first-order valence-corrected chi connectivity index (χ1v) is 7.90. The maximum Gasteiger partial charge on any atom is 0.244 e. The topological polar surface area (TPSA) is 94.1 Å². The molecule has 2 N–H and O–H groups in total. The summed E-state index contributed by atoms with van der Waals surface area (Å²) in [4.78, 5) is -0.0353. The Morgan fingerprint density at radius 3 is 2.71 bits per heavy atom. The number of nitrogens with one attached hydrogen (secondary N) is 1. The molecule has 1 fully saturated rings. The first-order chi connectivity index (χ1) is 9.90. The molecule has 118 valence electrons.